The zero-order valence-corrected chi connectivity index (χ0v) is 14.9. The lowest BCUT2D eigenvalue weighted by Crippen LogP contribution is -2.39. The number of nitro groups is 1. The van der Waals surface area contributed by atoms with E-state index in [4.69, 9.17) is 5.73 Å². The lowest BCUT2D eigenvalue weighted by Gasteiger charge is -2.20. The number of fused-ring (bicyclic) bond motifs is 1. The Hall–Kier alpha value is -2.74. The van der Waals surface area contributed by atoms with Gasteiger partial charge in [-0.05, 0) is 43.2 Å². The van der Waals surface area contributed by atoms with E-state index in [2.05, 4.69) is 21.0 Å². The molecule has 1 unspecified atom stereocenters. The van der Waals surface area contributed by atoms with Crippen molar-refractivity contribution in [1.82, 2.24) is 5.01 Å². The van der Waals surface area contributed by atoms with Crippen LogP contribution in [0, 0.1) is 10.1 Å². The van der Waals surface area contributed by atoms with E-state index in [1.54, 1.807) is 12.1 Å². The van der Waals surface area contributed by atoms with Gasteiger partial charge in [-0.15, -0.1) is 0 Å². The second kappa shape index (κ2) is 6.64. The Bertz CT molecular complexity index is 880. The summed E-state index contributed by atoms with van der Waals surface area (Å²) in [6.45, 7) is 1.87. The topological polar surface area (TPSA) is 102 Å². The van der Waals surface area contributed by atoms with Crippen LogP contribution in [-0.4, -0.2) is 27.7 Å². The lowest BCUT2D eigenvalue weighted by molar-refractivity contribution is -0.384. The van der Waals surface area contributed by atoms with E-state index < -0.39 is 11.0 Å². The molecular weight excluding hydrogens is 388 g/mol. The van der Waals surface area contributed by atoms with Gasteiger partial charge in [-0.25, -0.2) is 9.80 Å². The molecule has 0 aromatic heterocycles. The van der Waals surface area contributed by atoms with Crippen molar-refractivity contribution in [3.05, 3.63) is 73.7 Å². The number of rotatable bonds is 2. The molecule has 2 N–H and O–H groups in total. The van der Waals surface area contributed by atoms with Crippen molar-refractivity contribution in [3.8, 4) is 0 Å². The van der Waals surface area contributed by atoms with Crippen molar-refractivity contribution in [2.75, 3.05) is 0 Å². The molecule has 0 saturated heterocycles. The number of primary amides is 1. The molecule has 0 bridgehead atoms. The Kier molecular flexibility index (Phi) is 4.54. The first kappa shape index (κ1) is 17.1. The number of nitro benzene ring substituents is 1. The summed E-state index contributed by atoms with van der Waals surface area (Å²) in [5, 5.41) is 16.6. The van der Waals surface area contributed by atoms with E-state index in [1.807, 2.05) is 25.1 Å². The van der Waals surface area contributed by atoms with Gasteiger partial charge in [0.2, 0.25) is 0 Å². The minimum Gasteiger partial charge on any atom is -0.350 e. The van der Waals surface area contributed by atoms with Crippen molar-refractivity contribution in [3.63, 3.8) is 0 Å². The van der Waals surface area contributed by atoms with Crippen molar-refractivity contribution in [2.24, 2.45) is 10.8 Å². The maximum atomic E-state index is 11.8. The standard InChI is InChI=1S/C17H15BrN4O3/c1-10-8-12-2-5-13(18)9-15(12)16(20-21(10)17(19)23)11-3-6-14(7-4-11)22(24)25/h2-7,9-10H,8H2,1H3,(H2,19,23). The van der Waals surface area contributed by atoms with Crippen LogP contribution in [0.3, 0.4) is 0 Å². The molecule has 25 heavy (non-hydrogen) atoms. The second-order valence-electron chi connectivity index (χ2n) is 5.79. The van der Waals surface area contributed by atoms with Crippen molar-refractivity contribution in [1.29, 1.82) is 0 Å². The number of carbonyl (C=O) groups excluding carboxylic acids is 1. The second-order valence-corrected chi connectivity index (χ2v) is 6.71. The molecule has 128 valence electrons. The highest BCUT2D eigenvalue weighted by molar-refractivity contribution is 9.10. The van der Waals surface area contributed by atoms with Crippen molar-refractivity contribution >= 4 is 33.4 Å². The molecule has 7 nitrogen and oxygen atoms in total. The summed E-state index contributed by atoms with van der Waals surface area (Å²) in [6.07, 6.45) is 0.603. The molecule has 2 amide bonds. The third-order valence-electron chi connectivity index (χ3n) is 4.04. The third kappa shape index (κ3) is 3.39. The number of nitrogens with zero attached hydrogens (tertiary/aromatic N) is 3. The molecule has 1 heterocycles. The van der Waals surface area contributed by atoms with Crippen LogP contribution in [-0.2, 0) is 6.42 Å². The van der Waals surface area contributed by atoms with Gasteiger partial charge in [-0.2, -0.15) is 5.10 Å². The fourth-order valence-corrected chi connectivity index (χ4v) is 3.19. The normalized spacial score (nSPS) is 16.6. The summed E-state index contributed by atoms with van der Waals surface area (Å²) in [6, 6.07) is 11.1. The van der Waals surface area contributed by atoms with E-state index in [9.17, 15) is 14.9 Å². The smallest absolute Gasteiger partial charge is 0.335 e. The minimum absolute atomic E-state index is 0.00689. The van der Waals surface area contributed by atoms with Crippen LogP contribution in [0.15, 0.2) is 52.0 Å². The maximum absolute atomic E-state index is 11.8. The number of halogens is 1. The first-order chi connectivity index (χ1) is 11.9. The Balaban J connectivity index is 2.18. The number of nitrogens with two attached hydrogens (primary N) is 1. The molecule has 0 spiro atoms. The van der Waals surface area contributed by atoms with E-state index in [0.29, 0.717) is 17.7 Å². The Morgan fingerprint density at radius 2 is 2.00 bits per heavy atom. The zero-order valence-electron chi connectivity index (χ0n) is 13.3. The van der Waals surface area contributed by atoms with Gasteiger partial charge in [0.15, 0.2) is 0 Å². The average molecular weight is 403 g/mol. The molecule has 2 aromatic carbocycles. The highest BCUT2D eigenvalue weighted by Crippen LogP contribution is 2.27. The molecule has 1 atom stereocenters. The SMILES string of the molecule is CC1Cc2ccc(Br)cc2C(c2ccc([N+](=O)[O-])cc2)=NN1C(N)=O. The van der Waals surface area contributed by atoms with Gasteiger partial charge in [0.05, 0.1) is 16.7 Å². The predicted octanol–water partition coefficient (Wildman–Crippen LogP) is 3.44. The summed E-state index contributed by atoms with van der Waals surface area (Å²) in [4.78, 5) is 22.2. The molecule has 0 fully saturated rings. The maximum Gasteiger partial charge on any atom is 0.335 e. The van der Waals surface area contributed by atoms with Gasteiger partial charge in [-0.3, -0.25) is 10.1 Å². The van der Waals surface area contributed by atoms with Crippen molar-refractivity contribution in [2.45, 2.75) is 19.4 Å². The van der Waals surface area contributed by atoms with Gasteiger partial charge in [0.25, 0.3) is 5.69 Å². The van der Waals surface area contributed by atoms with E-state index in [0.717, 1.165) is 15.6 Å². The van der Waals surface area contributed by atoms with Crippen LogP contribution >= 0.6 is 15.9 Å². The Morgan fingerprint density at radius 1 is 1.32 bits per heavy atom. The third-order valence-corrected chi connectivity index (χ3v) is 4.54. The molecular formula is C17H15BrN4O3. The monoisotopic (exact) mass is 402 g/mol. The first-order valence-corrected chi connectivity index (χ1v) is 8.37. The minimum atomic E-state index is -0.640. The lowest BCUT2D eigenvalue weighted by atomic mass is 9.95. The van der Waals surface area contributed by atoms with Gasteiger partial charge < -0.3 is 5.73 Å². The highest BCUT2D eigenvalue weighted by Gasteiger charge is 2.26. The largest absolute Gasteiger partial charge is 0.350 e. The fraction of sp³-hybridized carbons (Fsp3) is 0.176. The quantitative estimate of drug-likeness (QED) is 0.614. The highest BCUT2D eigenvalue weighted by atomic mass is 79.9. The predicted molar refractivity (Wildman–Crippen MR) is 97.5 cm³/mol. The van der Waals surface area contributed by atoms with Crippen LogP contribution in [0.5, 0.6) is 0 Å². The number of hydrazone groups is 1. The van der Waals surface area contributed by atoms with Crippen LogP contribution in [0.25, 0.3) is 0 Å². The number of urea groups is 1. The number of benzene rings is 2. The Morgan fingerprint density at radius 3 is 2.60 bits per heavy atom. The van der Waals surface area contributed by atoms with Gasteiger partial charge in [-0.1, -0.05) is 22.0 Å². The van der Waals surface area contributed by atoms with Crippen LogP contribution in [0.4, 0.5) is 10.5 Å². The van der Waals surface area contributed by atoms with Crippen LogP contribution in [0.2, 0.25) is 0 Å². The van der Waals surface area contributed by atoms with E-state index in [-0.39, 0.29) is 11.7 Å². The molecule has 2 aromatic rings. The Labute approximate surface area is 152 Å². The number of non-ortho nitro benzene ring substituents is 1. The molecule has 0 aliphatic carbocycles. The molecule has 1 aliphatic rings. The number of hydrogen-bond acceptors (Lipinski definition) is 4. The zero-order chi connectivity index (χ0) is 18.1. The molecule has 0 radical (unpaired) electrons. The van der Waals surface area contributed by atoms with E-state index >= 15 is 0 Å². The molecule has 0 saturated carbocycles. The summed E-state index contributed by atoms with van der Waals surface area (Å²) in [5.74, 6) is 0. The fourth-order valence-electron chi connectivity index (χ4n) is 2.83. The number of carbonyl (C=O) groups is 1. The number of amides is 2. The van der Waals surface area contributed by atoms with Crippen molar-refractivity contribution < 1.29 is 9.72 Å². The molecule has 8 heteroatoms. The van der Waals surface area contributed by atoms with E-state index in [1.165, 1.54) is 17.1 Å². The van der Waals surface area contributed by atoms with Crippen LogP contribution in [0.1, 0.15) is 23.6 Å². The molecule has 3 rings (SSSR count). The van der Waals surface area contributed by atoms with Crippen LogP contribution < -0.4 is 5.73 Å². The van der Waals surface area contributed by atoms with Gasteiger partial charge in [0, 0.05) is 27.7 Å². The van der Waals surface area contributed by atoms with Gasteiger partial charge in [0.1, 0.15) is 0 Å². The first-order valence-electron chi connectivity index (χ1n) is 7.57. The summed E-state index contributed by atoms with van der Waals surface area (Å²) >= 11 is 3.46. The summed E-state index contributed by atoms with van der Waals surface area (Å²) < 4.78 is 0.876. The van der Waals surface area contributed by atoms with Gasteiger partial charge >= 0.3 is 6.03 Å². The average Bonchev–Trinajstić information content (AvgIpc) is 2.71. The number of hydrogen-bond donors (Lipinski definition) is 1. The summed E-state index contributed by atoms with van der Waals surface area (Å²) in [7, 11) is 0. The summed E-state index contributed by atoms with van der Waals surface area (Å²) in [5.41, 5.74) is 8.58. The molecule has 1 aliphatic heterocycles.